The molecule has 27 heavy (non-hydrogen) atoms. The minimum atomic E-state index is -0.684. The molecule has 142 valence electrons. The normalized spacial score (nSPS) is 14.7. The molecule has 0 radical (unpaired) electrons. The number of anilines is 2. The second kappa shape index (κ2) is 8.00. The third-order valence-corrected chi connectivity index (χ3v) is 4.40. The fourth-order valence-electron chi connectivity index (χ4n) is 2.83. The van der Waals surface area contributed by atoms with Gasteiger partial charge in [0.25, 0.3) is 11.8 Å². The lowest BCUT2D eigenvalue weighted by Crippen LogP contribution is -2.44. The fourth-order valence-corrected chi connectivity index (χ4v) is 2.83. The zero-order chi connectivity index (χ0) is 19.4. The van der Waals surface area contributed by atoms with Gasteiger partial charge in [0.15, 0.2) is 0 Å². The number of amides is 2. The molecule has 0 spiro atoms. The topological polar surface area (TPSA) is 114 Å². The number of aromatic nitrogens is 2. The maximum Gasteiger partial charge on any atom is 0.255 e. The third kappa shape index (κ3) is 4.32. The number of carbonyl (C=O) groups excluding carboxylic acids is 2. The van der Waals surface area contributed by atoms with E-state index in [1.54, 1.807) is 18.3 Å². The number of ether oxygens (including phenoxy) is 1. The maximum atomic E-state index is 12.6. The summed E-state index contributed by atoms with van der Waals surface area (Å²) in [6.45, 7) is 3.62. The molecule has 2 aromatic heterocycles. The first kappa shape index (κ1) is 18.6. The van der Waals surface area contributed by atoms with E-state index in [9.17, 15) is 9.59 Å². The molecule has 3 rings (SSSR count). The highest BCUT2D eigenvalue weighted by atomic mass is 16.5. The molecule has 1 aliphatic rings. The molecule has 1 fully saturated rings. The van der Waals surface area contributed by atoms with E-state index in [0.717, 1.165) is 32.0 Å². The smallest absolute Gasteiger partial charge is 0.255 e. The predicted molar refractivity (Wildman–Crippen MR) is 101 cm³/mol. The van der Waals surface area contributed by atoms with Gasteiger partial charge in [-0.15, -0.1) is 0 Å². The van der Waals surface area contributed by atoms with Crippen molar-refractivity contribution in [3.63, 3.8) is 0 Å². The van der Waals surface area contributed by atoms with Crippen molar-refractivity contribution in [2.24, 2.45) is 5.73 Å². The van der Waals surface area contributed by atoms with Crippen LogP contribution in [0.2, 0.25) is 0 Å². The summed E-state index contributed by atoms with van der Waals surface area (Å²) in [6.07, 6.45) is 3.02. The van der Waals surface area contributed by atoms with Crippen LogP contribution in [0.25, 0.3) is 0 Å². The van der Waals surface area contributed by atoms with Crippen LogP contribution in [0, 0.1) is 0 Å². The predicted octanol–water partition coefficient (Wildman–Crippen LogP) is 0.588. The summed E-state index contributed by atoms with van der Waals surface area (Å²) in [5.41, 5.74) is 6.25. The van der Waals surface area contributed by atoms with E-state index in [1.807, 2.05) is 0 Å². The average molecular weight is 370 g/mol. The molecule has 2 amide bonds. The number of methoxy groups -OCH3 is 1. The molecule has 3 N–H and O–H groups in total. The number of pyridine rings is 2. The van der Waals surface area contributed by atoms with Crippen molar-refractivity contribution in [3.05, 3.63) is 41.7 Å². The van der Waals surface area contributed by atoms with Crippen molar-refractivity contribution in [2.75, 3.05) is 50.6 Å². The van der Waals surface area contributed by atoms with Gasteiger partial charge in [0.2, 0.25) is 5.88 Å². The second-order valence-corrected chi connectivity index (χ2v) is 6.29. The van der Waals surface area contributed by atoms with E-state index in [-0.39, 0.29) is 17.4 Å². The van der Waals surface area contributed by atoms with E-state index >= 15 is 0 Å². The number of likely N-dealkylation sites (N-methyl/N-ethyl adjacent to an activating group) is 1. The first-order valence-corrected chi connectivity index (χ1v) is 8.52. The van der Waals surface area contributed by atoms with Crippen LogP contribution in [0.1, 0.15) is 20.7 Å². The molecule has 9 heteroatoms. The Morgan fingerprint density at radius 3 is 2.59 bits per heavy atom. The molecule has 0 unspecified atom stereocenters. The van der Waals surface area contributed by atoms with Crippen LogP contribution in [-0.2, 0) is 0 Å². The van der Waals surface area contributed by atoms with E-state index < -0.39 is 5.91 Å². The zero-order valence-corrected chi connectivity index (χ0v) is 15.3. The largest absolute Gasteiger partial charge is 0.480 e. The number of nitrogens with two attached hydrogens (primary N) is 1. The van der Waals surface area contributed by atoms with Crippen molar-refractivity contribution >= 4 is 23.3 Å². The summed E-state index contributed by atoms with van der Waals surface area (Å²) in [7, 11) is 3.47. The molecule has 0 saturated carbocycles. The molecule has 0 aromatic carbocycles. The van der Waals surface area contributed by atoms with Crippen LogP contribution >= 0.6 is 0 Å². The molecule has 3 heterocycles. The number of nitrogens with zero attached hydrogens (tertiary/aromatic N) is 4. The second-order valence-electron chi connectivity index (χ2n) is 6.29. The Morgan fingerprint density at radius 1 is 1.19 bits per heavy atom. The Hall–Kier alpha value is -3.20. The summed E-state index contributed by atoms with van der Waals surface area (Å²) < 4.78 is 5.00. The van der Waals surface area contributed by atoms with E-state index in [2.05, 4.69) is 32.1 Å². The highest BCUT2D eigenvalue weighted by Gasteiger charge is 2.17. The lowest BCUT2D eigenvalue weighted by Gasteiger charge is -2.33. The Balaban J connectivity index is 1.76. The minimum absolute atomic E-state index is 0.100. The lowest BCUT2D eigenvalue weighted by molar-refractivity contribution is 0.0992. The van der Waals surface area contributed by atoms with Crippen LogP contribution < -0.4 is 20.7 Å². The summed E-state index contributed by atoms with van der Waals surface area (Å²) in [5.74, 6) is -0.130. The number of hydrogen-bond donors (Lipinski definition) is 2. The molecule has 9 nitrogen and oxygen atoms in total. The summed E-state index contributed by atoms with van der Waals surface area (Å²) in [6, 6.07) is 4.84. The molecular formula is C18H22N6O3. The maximum absolute atomic E-state index is 12.6. The summed E-state index contributed by atoms with van der Waals surface area (Å²) in [5, 5.41) is 2.72. The van der Waals surface area contributed by atoms with E-state index in [1.165, 1.54) is 19.4 Å². The molecule has 0 bridgehead atoms. The Kier molecular flexibility index (Phi) is 5.51. The highest BCUT2D eigenvalue weighted by Crippen LogP contribution is 2.20. The van der Waals surface area contributed by atoms with Crippen LogP contribution in [0.15, 0.2) is 30.6 Å². The average Bonchev–Trinajstić information content (AvgIpc) is 2.68. The molecule has 2 aromatic rings. The van der Waals surface area contributed by atoms with Crippen molar-refractivity contribution in [3.8, 4) is 5.88 Å². The van der Waals surface area contributed by atoms with E-state index in [0.29, 0.717) is 11.3 Å². The third-order valence-electron chi connectivity index (χ3n) is 4.40. The molecule has 0 atom stereocenters. The van der Waals surface area contributed by atoms with Gasteiger partial charge in [0, 0.05) is 37.9 Å². The minimum Gasteiger partial charge on any atom is -0.480 e. The number of rotatable bonds is 5. The van der Waals surface area contributed by atoms with Crippen LogP contribution in [0.3, 0.4) is 0 Å². The van der Waals surface area contributed by atoms with E-state index in [4.69, 9.17) is 10.5 Å². The first-order chi connectivity index (χ1) is 13.0. The van der Waals surface area contributed by atoms with Crippen molar-refractivity contribution in [1.29, 1.82) is 0 Å². The van der Waals surface area contributed by atoms with Crippen LogP contribution in [0.4, 0.5) is 11.5 Å². The molecule has 0 aliphatic carbocycles. The fraction of sp³-hybridized carbons (Fsp3) is 0.333. The van der Waals surface area contributed by atoms with Crippen LogP contribution in [-0.4, -0.2) is 67.0 Å². The van der Waals surface area contributed by atoms with Gasteiger partial charge < -0.3 is 25.6 Å². The summed E-state index contributed by atoms with van der Waals surface area (Å²) >= 11 is 0. The summed E-state index contributed by atoms with van der Waals surface area (Å²) in [4.78, 5) is 36.9. The van der Waals surface area contributed by atoms with Gasteiger partial charge >= 0.3 is 0 Å². The van der Waals surface area contributed by atoms with Gasteiger partial charge in [0.05, 0.1) is 19.0 Å². The van der Waals surface area contributed by atoms with Gasteiger partial charge in [-0.3, -0.25) is 9.59 Å². The van der Waals surface area contributed by atoms with Gasteiger partial charge in [-0.05, 0) is 25.2 Å². The monoisotopic (exact) mass is 370 g/mol. The van der Waals surface area contributed by atoms with Crippen LogP contribution in [0.5, 0.6) is 5.88 Å². The molecule has 1 aliphatic heterocycles. The Morgan fingerprint density at radius 2 is 1.93 bits per heavy atom. The number of piperazine rings is 1. The molecular weight excluding hydrogens is 348 g/mol. The van der Waals surface area contributed by atoms with Gasteiger partial charge in [0.1, 0.15) is 11.4 Å². The molecule has 1 saturated heterocycles. The van der Waals surface area contributed by atoms with Crippen molar-refractivity contribution in [2.45, 2.75) is 0 Å². The number of carbonyl (C=O) groups is 2. The van der Waals surface area contributed by atoms with Crippen molar-refractivity contribution < 1.29 is 14.3 Å². The quantitative estimate of drug-likeness (QED) is 0.792. The number of primary amides is 1. The highest BCUT2D eigenvalue weighted by molar-refractivity contribution is 6.05. The number of nitrogens with one attached hydrogen (secondary N) is 1. The standard InChI is InChI=1S/C18H22N6O3/c1-23-5-7-24(8-6-23)15-9-12(3-4-20-15)17(26)22-13-10-14(16(19)25)18(27-2)21-11-13/h3-4,9-11H,5-8H2,1-2H3,(H2,19,25)(H,22,26). The Bertz CT molecular complexity index is 849. The first-order valence-electron chi connectivity index (χ1n) is 8.52. The zero-order valence-electron chi connectivity index (χ0n) is 15.3. The SMILES string of the molecule is COc1ncc(NC(=O)c2ccnc(N3CCN(C)CC3)c2)cc1C(N)=O. The van der Waals surface area contributed by atoms with Gasteiger partial charge in [-0.25, -0.2) is 9.97 Å². The Labute approximate surface area is 157 Å². The lowest BCUT2D eigenvalue weighted by atomic mass is 10.2. The van der Waals surface area contributed by atoms with Crippen molar-refractivity contribution in [1.82, 2.24) is 14.9 Å². The van der Waals surface area contributed by atoms with Gasteiger partial charge in [-0.1, -0.05) is 0 Å². The van der Waals surface area contributed by atoms with Gasteiger partial charge in [-0.2, -0.15) is 0 Å². The number of hydrogen-bond acceptors (Lipinski definition) is 7.